The molecule has 0 unspecified atom stereocenters. The highest BCUT2D eigenvalue weighted by atomic mass is 16.4. The van der Waals surface area contributed by atoms with Crippen molar-refractivity contribution in [3.8, 4) is 11.6 Å². The lowest BCUT2D eigenvalue weighted by Gasteiger charge is -2.36. The Labute approximate surface area is 210 Å². The van der Waals surface area contributed by atoms with Gasteiger partial charge >= 0.3 is 5.97 Å². The Morgan fingerprint density at radius 1 is 0.919 bits per heavy atom. The SMILES string of the molecule is O=C(O)Cn1cnc2c(-n3c(CO)nc4ccccc43)nc(N3CCN(c4ccc(O)cc4)CC3)nc21. The van der Waals surface area contributed by atoms with E-state index in [0.29, 0.717) is 60.5 Å². The van der Waals surface area contributed by atoms with Crippen LogP contribution >= 0.6 is 0 Å². The van der Waals surface area contributed by atoms with Crippen molar-refractivity contribution in [3.05, 3.63) is 60.7 Å². The minimum Gasteiger partial charge on any atom is -0.508 e. The van der Waals surface area contributed by atoms with Gasteiger partial charge in [-0.1, -0.05) is 12.1 Å². The minimum atomic E-state index is -1.01. The van der Waals surface area contributed by atoms with Gasteiger partial charge in [0.05, 0.1) is 17.4 Å². The van der Waals surface area contributed by atoms with Crippen molar-refractivity contribution < 1.29 is 20.1 Å². The minimum absolute atomic E-state index is 0.226. The molecular formula is C25H24N8O4. The maximum Gasteiger partial charge on any atom is 0.323 e. The van der Waals surface area contributed by atoms with E-state index in [9.17, 15) is 20.1 Å². The van der Waals surface area contributed by atoms with Gasteiger partial charge in [-0.25, -0.2) is 9.97 Å². The molecule has 12 nitrogen and oxygen atoms in total. The van der Waals surface area contributed by atoms with E-state index in [1.54, 1.807) is 16.7 Å². The molecule has 1 saturated heterocycles. The van der Waals surface area contributed by atoms with Crippen molar-refractivity contribution in [2.24, 2.45) is 0 Å². The highest BCUT2D eigenvalue weighted by Crippen LogP contribution is 2.28. The summed E-state index contributed by atoms with van der Waals surface area (Å²) in [6.07, 6.45) is 1.45. The van der Waals surface area contributed by atoms with Crippen LogP contribution in [0.25, 0.3) is 28.0 Å². The monoisotopic (exact) mass is 500 g/mol. The van der Waals surface area contributed by atoms with Crippen LogP contribution in [-0.2, 0) is 17.9 Å². The van der Waals surface area contributed by atoms with Gasteiger partial charge in [-0.2, -0.15) is 9.97 Å². The molecule has 0 spiro atoms. The van der Waals surface area contributed by atoms with Crippen LogP contribution in [0.5, 0.6) is 5.75 Å². The molecule has 0 aliphatic carbocycles. The molecule has 2 aromatic carbocycles. The summed E-state index contributed by atoms with van der Waals surface area (Å²) in [7, 11) is 0. The number of phenols is 1. The van der Waals surface area contributed by atoms with Gasteiger partial charge in [-0.15, -0.1) is 0 Å². The van der Waals surface area contributed by atoms with E-state index < -0.39 is 5.97 Å². The number of aromatic nitrogens is 6. The Bertz CT molecular complexity index is 1600. The second kappa shape index (κ2) is 9.06. The van der Waals surface area contributed by atoms with Gasteiger partial charge in [0.1, 0.15) is 24.7 Å². The fourth-order valence-corrected chi connectivity index (χ4v) is 4.72. The Morgan fingerprint density at radius 3 is 2.38 bits per heavy atom. The second-order valence-electron chi connectivity index (χ2n) is 8.79. The Balaban J connectivity index is 1.43. The largest absolute Gasteiger partial charge is 0.508 e. The highest BCUT2D eigenvalue weighted by Gasteiger charge is 2.25. The standard InChI is InChI=1S/C25H24N8O4/c34-14-20-27-18-3-1-2-4-19(18)33(20)24-22-23(32(15-26-22)13-21(36)37)28-25(29-24)31-11-9-30(10-12-31)16-5-7-17(35)8-6-16/h1-8,15,34-35H,9-14H2,(H,36,37). The number of rotatable bonds is 6. The van der Waals surface area contributed by atoms with Crippen LogP contribution in [0.15, 0.2) is 54.9 Å². The third-order valence-electron chi connectivity index (χ3n) is 6.50. The molecule has 0 atom stereocenters. The number of hydrogen-bond acceptors (Lipinski definition) is 9. The molecule has 188 valence electrons. The van der Waals surface area contributed by atoms with Crippen molar-refractivity contribution in [2.75, 3.05) is 36.0 Å². The molecule has 6 rings (SSSR count). The Hall–Kier alpha value is -4.71. The summed E-state index contributed by atoms with van der Waals surface area (Å²) in [5, 5.41) is 29.1. The molecule has 1 fully saturated rings. The van der Waals surface area contributed by atoms with Gasteiger partial charge in [-0.3, -0.25) is 9.36 Å². The third kappa shape index (κ3) is 4.06. The van der Waals surface area contributed by atoms with Crippen molar-refractivity contribution in [1.82, 2.24) is 29.1 Å². The quantitative estimate of drug-likeness (QED) is 0.315. The first kappa shape index (κ1) is 22.7. The number of piperazine rings is 1. The van der Waals surface area contributed by atoms with E-state index in [1.807, 2.05) is 36.4 Å². The number of carboxylic acid groups (broad SMARTS) is 1. The van der Waals surface area contributed by atoms with Crippen LogP contribution in [0.1, 0.15) is 5.82 Å². The molecule has 1 aliphatic heterocycles. The van der Waals surface area contributed by atoms with Gasteiger partial charge in [0.15, 0.2) is 17.0 Å². The topological polar surface area (TPSA) is 146 Å². The van der Waals surface area contributed by atoms with E-state index in [2.05, 4.69) is 19.8 Å². The molecule has 3 N–H and O–H groups in total. The second-order valence-corrected chi connectivity index (χ2v) is 8.79. The van der Waals surface area contributed by atoms with E-state index in [1.165, 1.54) is 10.9 Å². The first-order valence-electron chi connectivity index (χ1n) is 11.8. The third-order valence-corrected chi connectivity index (χ3v) is 6.50. The normalized spacial score (nSPS) is 14.1. The van der Waals surface area contributed by atoms with E-state index >= 15 is 0 Å². The van der Waals surface area contributed by atoms with Crippen molar-refractivity contribution in [2.45, 2.75) is 13.2 Å². The molecule has 0 bridgehead atoms. The number of fused-ring (bicyclic) bond motifs is 2. The molecule has 0 amide bonds. The number of aliphatic hydroxyl groups excluding tert-OH is 1. The summed E-state index contributed by atoms with van der Waals surface area (Å²) in [5.74, 6) is 0.498. The van der Waals surface area contributed by atoms with Crippen molar-refractivity contribution in [3.63, 3.8) is 0 Å². The number of carboxylic acids is 1. The van der Waals surface area contributed by atoms with Crippen LogP contribution in [0.2, 0.25) is 0 Å². The number of aliphatic carboxylic acids is 1. The van der Waals surface area contributed by atoms with E-state index in [0.717, 1.165) is 11.2 Å². The molecule has 4 heterocycles. The van der Waals surface area contributed by atoms with Crippen molar-refractivity contribution >= 4 is 39.8 Å². The van der Waals surface area contributed by atoms with Crippen LogP contribution in [0.3, 0.4) is 0 Å². The molecule has 0 saturated carbocycles. The maximum absolute atomic E-state index is 11.5. The summed E-state index contributed by atoms with van der Waals surface area (Å²) < 4.78 is 3.24. The van der Waals surface area contributed by atoms with Crippen LogP contribution in [0.4, 0.5) is 11.6 Å². The van der Waals surface area contributed by atoms with Crippen LogP contribution in [-0.4, -0.2) is 76.5 Å². The Kier molecular flexibility index (Phi) is 5.57. The molecule has 1 aliphatic rings. The summed E-state index contributed by atoms with van der Waals surface area (Å²) in [6, 6.07) is 14.6. The number of imidazole rings is 2. The van der Waals surface area contributed by atoms with Crippen LogP contribution < -0.4 is 9.80 Å². The number of benzene rings is 2. The van der Waals surface area contributed by atoms with E-state index in [4.69, 9.17) is 9.97 Å². The predicted molar refractivity (Wildman–Crippen MR) is 136 cm³/mol. The first-order chi connectivity index (χ1) is 18.0. The molecule has 3 aromatic heterocycles. The van der Waals surface area contributed by atoms with Crippen molar-refractivity contribution in [1.29, 1.82) is 0 Å². The lowest BCUT2D eigenvalue weighted by atomic mass is 10.2. The lowest BCUT2D eigenvalue weighted by molar-refractivity contribution is -0.137. The number of carbonyl (C=O) groups is 1. The zero-order valence-electron chi connectivity index (χ0n) is 19.8. The fourth-order valence-electron chi connectivity index (χ4n) is 4.72. The molecule has 5 aromatic rings. The number of anilines is 2. The van der Waals surface area contributed by atoms with Gasteiger partial charge in [0, 0.05) is 31.9 Å². The summed E-state index contributed by atoms with van der Waals surface area (Å²) in [6.45, 7) is 2.10. The number of nitrogens with zero attached hydrogens (tertiary/aromatic N) is 8. The number of para-hydroxylation sites is 2. The van der Waals surface area contributed by atoms with Crippen LogP contribution in [0, 0.1) is 0 Å². The Morgan fingerprint density at radius 2 is 1.65 bits per heavy atom. The van der Waals surface area contributed by atoms with E-state index in [-0.39, 0.29) is 18.9 Å². The summed E-state index contributed by atoms with van der Waals surface area (Å²) >= 11 is 0. The number of aromatic hydroxyl groups is 1. The summed E-state index contributed by atoms with van der Waals surface area (Å²) in [4.78, 5) is 34.4. The average Bonchev–Trinajstić information content (AvgIpc) is 3.49. The zero-order valence-corrected chi connectivity index (χ0v) is 19.8. The molecule has 12 heteroatoms. The fraction of sp³-hybridized carbons (Fsp3) is 0.240. The predicted octanol–water partition coefficient (Wildman–Crippen LogP) is 1.77. The van der Waals surface area contributed by atoms with Gasteiger partial charge in [0.2, 0.25) is 5.95 Å². The number of hydrogen-bond donors (Lipinski definition) is 3. The molecule has 0 radical (unpaired) electrons. The first-order valence-corrected chi connectivity index (χ1v) is 11.8. The molecular weight excluding hydrogens is 476 g/mol. The molecule has 37 heavy (non-hydrogen) atoms. The lowest BCUT2D eigenvalue weighted by Crippen LogP contribution is -2.47. The smallest absolute Gasteiger partial charge is 0.323 e. The summed E-state index contributed by atoms with van der Waals surface area (Å²) in [5.41, 5.74) is 3.29. The van der Waals surface area contributed by atoms with Gasteiger partial charge in [0.25, 0.3) is 0 Å². The maximum atomic E-state index is 11.5. The highest BCUT2D eigenvalue weighted by molar-refractivity contribution is 5.86. The average molecular weight is 501 g/mol. The zero-order chi connectivity index (χ0) is 25.5. The van der Waals surface area contributed by atoms with Gasteiger partial charge in [-0.05, 0) is 36.4 Å². The number of aliphatic hydroxyl groups is 1. The van der Waals surface area contributed by atoms with Gasteiger partial charge < -0.3 is 29.7 Å². The number of phenolic OH excluding ortho intramolecular Hbond substituents is 1.